The Hall–Kier alpha value is -0.900. The van der Waals surface area contributed by atoms with Crippen LogP contribution in [0.2, 0.25) is 0 Å². The summed E-state index contributed by atoms with van der Waals surface area (Å²) in [4.78, 5) is 15.2. The van der Waals surface area contributed by atoms with Crippen LogP contribution in [0.1, 0.15) is 25.7 Å². The molecule has 0 aliphatic rings. The third-order valence-corrected chi connectivity index (χ3v) is 2.43. The molecular formula is C11H14BrNO2. The molecule has 1 rings (SSSR count). The van der Waals surface area contributed by atoms with Crippen LogP contribution in [0.5, 0.6) is 5.88 Å². The Kier molecular flexibility index (Phi) is 6.00. The monoisotopic (exact) mass is 271 g/mol. The Morgan fingerprint density at radius 2 is 2.20 bits per heavy atom. The van der Waals surface area contributed by atoms with Crippen molar-refractivity contribution < 1.29 is 9.53 Å². The van der Waals surface area contributed by atoms with Crippen LogP contribution in [0.15, 0.2) is 24.4 Å². The number of esters is 1. The Bertz CT molecular complexity index is 290. The van der Waals surface area contributed by atoms with Crippen LogP contribution in [0.4, 0.5) is 0 Å². The molecule has 0 spiro atoms. The van der Waals surface area contributed by atoms with E-state index in [0.29, 0.717) is 12.3 Å². The van der Waals surface area contributed by atoms with E-state index in [-0.39, 0.29) is 5.97 Å². The number of unbranched alkanes of at least 4 members (excludes halogenated alkanes) is 2. The summed E-state index contributed by atoms with van der Waals surface area (Å²) < 4.78 is 5.03. The van der Waals surface area contributed by atoms with E-state index in [4.69, 9.17) is 4.74 Å². The average Bonchev–Trinajstić information content (AvgIpc) is 2.26. The van der Waals surface area contributed by atoms with Crippen molar-refractivity contribution in [3.63, 3.8) is 0 Å². The van der Waals surface area contributed by atoms with E-state index in [1.807, 2.05) is 0 Å². The SMILES string of the molecule is O=C(CCCCCBr)Oc1ccccn1. The topological polar surface area (TPSA) is 39.2 Å². The number of hydrogen-bond acceptors (Lipinski definition) is 3. The van der Waals surface area contributed by atoms with Crippen LogP contribution in [0.3, 0.4) is 0 Å². The third kappa shape index (κ3) is 5.52. The second-order valence-electron chi connectivity index (χ2n) is 3.14. The quantitative estimate of drug-likeness (QED) is 0.454. The Morgan fingerprint density at radius 1 is 1.33 bits per heavy atom. The van der Waals surface area contributed by atoms with Crippen molar-refractivity contribution in [2.75, 3.05) is 5.33 Å². The minimum absolute atomic E-state index is 0.205. The number of ether oxygens (including phenoxy) is 1. The molecule has 0 aliphatic heterocycles. The van der Waals surface area contributed by atoms with E-state index in [1.54, 1.807) is 24.4 Å². The third-order valence-electron chi connectivity index (χ3n) is 1.87. The highest BCUT2D eigenvalue weighted by atomic mass is 79.9. The van der Waals surface area contributed by atoms with Crippen molar-refractivity contribution in [3.8, 4) is 5.88 Å². The number of rotatable bonds is 6. The van der Waals surface area contributed by atoms with Crippen molar-refractivity contribution in [3.05, 3.63) is 24.4 Å². The highest BCUT2D eigenvalue weighted by Crippen LogP contribution is 2.07. The van der Waals surface area contributed by atoms with Crippen molar-refractivity contribution in [1.82, 2.24) is 4.98 Å². The maximum Gasteiger partial charge on any atom is 0.312 e. The van der Waals surface area contributed by atoms with Gasteiger partial charge in [0.25, 0.3) is 0 Å². The summed E-state index contributed by atoms with van der Waals surface area (Å²) in [5.74, 6) is 0.172. The van der Waals surface area contributed by atoms with E-state index < -0.39 is 0 Å². The van der Waals surface area contributed by atoms with Crippen molar-refractivity contribution in [2.45, 2.75) is 25.7 Å². The molecule has 0 saturated carbocycles. The lowest BCUT2D eigenvalue weighted by Gasteiger charge is -2.02. The molecule has 4 heteroatoms. The number of hydrogen-bond donors (Lipinski definition) is 0. The molecular weight excluding hydrogens is 258 g/mol. The van der Waals surface area contributed by atoms with Crippen LogP contribution in [0.25, 0.3) is 0 Å². The molecule has 0 radical (unpaired) electrons. The fourth-order valence-corrected chi connectivity index (χ4v) is 1.51. The molecule has 0 atom stereocenters. The van der Waals surface area contributed by atoms with Gasteiger partial charge in [-0.3, -0.25) is 4.79 Å². The molecule has 0 amide bonds. The number of nitrogens with zero attached hydrogens (tertiary/aromatic N) is 1. The first kappa shape index (κ1) is 12.2. The number of alkyl halides is 1. The predicted octanol–water partition coefficient (Wildman–Crippen LogP) is 2.94. The van der Waals surface area contributed by atoms with Gasteiger partial charge in [0.05, 0.1) is 0 Å². The average molecular weight is 272 g/mol. The zero-order valence-electron chi connectivity index (χ0n) is 8.49. The highest BCUT2D eigenvalue weighted by Gasteiger charge is 2.04. The van der Waals surface area contributed by atoms with Gasteiger partial charge in [-0.05, 0) is 18.9 Å². The number of carbonyl (C=O) groups excluding carboxylic acids is 1. The Balaban J connectivity index is 2.19. The fourth-order valence-electron chi connectivity index (χ4n) is 1.12. The Morgan fingerprint density at radius 3 is 2.87 bits per heavy atom. The summed E-state index contributed by atoms with van der Waals surface area (Å²) in [5, 5.41) is 0.988. The minimum Gasteiger partial charge on any atom is -0.407 e. The molecule has 82 valence electrons. The van der Waals surface area contributed by atoms with Gasteiger partial charge in [0.1, 0.15) is 0 Å². The van der Waals surface area contributed by atoms with Crippen molar-refractivity contribution in [2.24, 2.45) is 0 Å². The molecule has 0 N–H and O–H groups in total. The van der Waals surface area contributed by atoms with Gasteiger partial charge < -0.3 is 4.74 Å². The predicted molar refractivity (Wildman–Crippen MR) is 62.1 cm³/mol. The number of aromatic nitrogens is 1. The lowest BCUT2D eigenvalue weighted by Crippen LogP contribution is -2.08. The summed E-state index contributed by atoms with van der Waals surface area (Å²) in [6.07, 6.45) is 5.08. The number of halogens is 1. The Labute approximate surface area is 98.0 Å². The van der Waals surface area contributed by atoms with Gasteiger partial charge in [-0.2, -0.15) is 0 Å². The molecule has 0 aromatic carbocycles. The molecule has 3 nitrogen and oxygen atoms in total. The maximum absolute atomic E-state index is 11.3. The van der Waals surface area contributed by atoms with Crippen LogP contribution in [0, 0.1) is 0 Å². The van der Waals surface area contributed by atoms with Crippen LogP contribution in [-0.4, -0.2) is 16.3 Å². The summed E-state index contributed by atoms with van der Waals surface area (Å²) in [7, 11) is 0. The highest BCUT2D eigenvalue weighted by molar-refractivity contribution is 9.09. The second-order valence-corrected chi connectivity index (χ2v) is 3.93. The van der Waals surface area contributed by atoms with Crippen molar-refractivity contribution in [1.29, 1.82) is 0 Å². The summed E-state index contributed by atoms with van der Waals surface area (Å²) in [6.45, 7) is 0. The largest absolute Gasteiger partial charge is 0.407 e. The van der Waals surface area contributed by atoms with E-state index in [2.05, 4.69) is 20.9 Å². The molecule has 1 heterocycles. The molecule has 15 heavy (non-hydrogen) atoms. The summed E-state index contributed by atoms with van der Waals surface area (Å²) in [5.41, 5.74) is 0. The van der Waals surface area contributed by atoms with E-state index in [0.717, 1.165) is 24.6 Å². The van der Waals surface area contributed by atoms with Crippen LogP contribution in [-0.2, 0) is 4.79 Å². The van der Waals surface area contributed by atoms with Gasteiger partial charge in [0.2, 0.25) is 5.88 Å². The van der Waals surface area contributed by atoms with E-state index in [1.165, 1.54) is 0 Å². The molecule has 1 aromatic rings. The van der Waals surface area contributed by atoms with Crippen LogP contribution < -0.4 is 4.74 Å². The minimum atomic E-state index is -0.205. The molecule has 1 aromatic heterocycles. The molecule has 0 bridgehead atoms. The smallest absolute Gasteiger partial charge is 0.312 e. The molecule has 0 fully saturated rings. The van der Waals surface area contributed by atoms with Gasteiger partial charge in [-0.1, -0.05) is 28.4 Å². The van der Waals surface area contributed by atoms with Crippen molar-refractivity contribution >= 4 is 21.9 Å². The first-order valence-electron chi connectivity index (χ1n) is 5.00. The first-order valence-corrected chi connectivity index (χ1v) is 6.13. The van der Waals surface area contributed by atoms with Gasteiger partial charge in [-0.15, -0.1) is 0 Å². The zero-order valence-corrected chi connectivity index (χ0v) is 10.1. The number of pyridine rings is 1. The summed E-state index contributed by atoms with van der Waals surface area (Å²) in [6, 6.07) is 5.25. The molecule has 0 aliphatic carbocycles. The molecule has 0 saturated heterocycles. The van der Waals surface area contributed by atoms with E-state index >= 15 is 0 Å². The standard InChI is InChI=1S/C11H14BrNO2/c12-8-4-1-2-7-11(14)15-10-6-3-5-9-13-10/h3,5-6,9H,1-2,4,7-8H2. The first-order chi connectivity index (χ1) is 7.33. The van der Waals surface area contributed by atoms with Gasteiger partial charge in [0, 0.05) is 24.0 Å². The lowest BCUT2D eigenvalue weighted by molar-refractivity contribution is -0.134. The van der Waals surface area contributed by atoms with Gasteiger partial charge in [-0.25, -0.2) is 4.98 Å². The van der Waals surface area contributed by atoms with E-state index in [9.17, 15) is 4.79 Å². The fraction of sp³-hybridized carbons (Fsp3) is 0.455. The van der Waals surface area contributed by atoms with Crippen LogP contribution >= 0.6 is 15.9 Å². The van der Waals surface area contributed by atoms with Gasteiger partial charge in [0.15, 0.2) is 0 Å². The van der Waals surface area contributed by atoms with Gasteiger partial charge >= 0.3 is 5.97 Å². The summed E-state index contributed by atoms with van der Waals surface area (Å²) >= 11 is 3.34. The maximum atomic E-state index is 11.3. The number of carbonyl (C=O) groups is 1. The second kappa shape index (κ2) is 7.40. The zero-order chi connectivity index (χ0) is 10.9. The molecule has 0 unspecified atom stereocenters. The normalized spacial score (nSPS) is 9.93. The lowest BCUT2D eigenvalue weighted by atomic mass is 10.2.